The molecule has 1 aliphatic rings. The summed E-state index contributed by atoms with van der Waals surface area (Å²) >= 11 is 0. The molecule has 2 heterocycles. The van der Waals surface area contributed by atoms with E-state index in [-0.39, 0.29) is 17.3 Å². The maximum Gasteiger partial charge on any atom is 0.410 e. The fourth-order valence-corrected chi connectivity index (χ4v) is 4.25. The topological polar surface area (TPSA) is 98.9 Å². The zero-order valence-corrected chi connectivity index (χ0v) is 22.8. The molecular weight excluding hydrogens is 440 g/mol. The van der Waals surface area contributed by atoms with Crippen molar-refractivity contribution in [3.63, 3.8) is 0 Å². The summed E-state index contributed by atoms with van der Waals surface area (Å²) in [5.74, 6) is -0.394. The minimum atomic E-state index is -2.01. The molecule has 0 N–H and O–H groups in total. The quantitative estimate of drug-likeness (QED) is 0.370. The summed E-state index contributed by atoms with van der Waals surface area (Å²) in [7, 11) is -2.01. The van der Waals surface area contributed by atoms with Crippen molar-refractivity contribution in [3.05, 3.63) is 29.0 Å². The fourth-order valence-electron chi connectivity index (χ4n) is 3.31. The van der Waals surface area contributed by atoms with Gasteiger partial charge in [-0.05, 0) is 52.8 Å². The van der Waals surface area contributed by atoms with Crippen molar-refractivity contribution in [1.29, 1.82) is 0 Å². The molecular formula is C23H40N4O5Si. The van der Waals surface area contributed by atoms with E-state index in [0.717, 1.165) is 6.33 Å². The molecule has 1 fully saturated rings. The van der Waals surface area contributed by atoms with Crippen LogP contribution in [0.3, 0.4) is 0 Å². The molecule has 1 aliphatic heterocycles. The van der Waals surface area contributed by atoms with Crippen LogP contribution in [-0.4, -0.2) is 65.9 Å². The third-order valence-corrected chi connectivity index (χ3v) is 10.8. The van der Waals surface area contributed by atoms with Gasteiger partial charge in [-0.1, -0.05) is 25.8 Å². The van der Waals surface area contributed by atoms with E-state index in [1.54, 1.807) is 9.80 Å². The lowest BCUT2D eigenvalue weighted by molar-refractivity contribution is -0.611. The second kappa shape index (κ2) is 9.21. The van der Waals surface area contributed by atoms with Gasteiger partial charge in [-0.3, -0.25) is 4.79 Å². The maximum absolute atomic E-state index is 13.4. The van der Waals surface area contributed by atoms with Gasteiger partial charge in [0.15, 0.2) is 19.7 Å². The highest BCUT2D eigenvalue weighted by Gasteiger charge is 2.41. The number of ether oxygens (including phenoxy) is 1. The van der Waals surface area contributed by atoms with Crippen molar-refractivity contribution in [3.8, 4) is 0 Å². The largest absolute Gasteiger partial charge is 0.710 e. The van der Waals surface area contributed by atoms with Crippen LogP contribution in [0.1, 0.15) is 71.6 Å². The third-order valence-electron chi connectivity index (χ3n) is 6.27. The van der Waals surface area contributed by atoms with E-state index >= 15 is 0 Å². The van der Waals surface area contributed by atoms with Crippen LogP contribution in [-0.2, 0) is 15.8 Å². The van der Waals surface area contributed by atoms with Gasteiger partial charge in [0.05, 0.1) is 5.54 Å². The molecule has 1 aromatic heterocycles. The fraction of sp³-hybridized carbons (Fsp3) is 0.739. The Balaban J connectivity index is 2.17. The number of hydrogen-bond donors (Lipinski definition) is 0. The van der Waals surface area contributed by atoms with Crippen molar-refractivity contribution in [2.24, 2.45) is 0 Å². The summed E-state index contributed by atoms with van der Waals surface area (Å²) in [6.07, 6.45) is 0.706. The Kier molecular flexibility index (Phi) is 7.55. The molecule has 0 bridgehead atoms. The lowest BCUT2D eigenvalue weighted by Crippen LogP contribution is -2.63. The van der Waals surface area contributed by atoms with Gasteiger partial charge >= 0.3 is 6.09 Å². The molecule has 0 radical (unpaired) electrons. The first kappa shape index (κ1) is 27.0. The second-order valence-electron chi connectivity index (χ2n) is 11.8. The van der Waals surface area contributed by atoms with Gasteiger partial charge in [-0.25, -0.2) is 9.52 Å². The smallest absolute Gasteiger partial charge is 0.410 e. The van der Waals surface area contributed by atoms with Crippen LogP contribution >= 0.6 is 0 Å². The van der Waals surface area contributed by atoms with E-state index in [4.69, 9.17) is 9.16 Å². The molecule has 33 heavy (non-hydrogen) atoms. The van der Waals surface area contributed by atoms with Crippen LogP contribution in [0.15, 0.2) is 12.4 Å². The molecule has 2 amide bonds. The number of nitrogens with zero attached hydrogens (tertiary/aromatic N) is 4. The van der Waals surface area contributed by atoms with Gasteiger partial charge in [0.1, 0.15) is 12.2 Å². The van der Waals surface area contributed by atoms with E-state index in [1.165, 1.54) is 6.07 Å². The average molecular weight is 481 g/mol. The van der Waals surface area contributed by atoms with Crippen molar-refractivity contribution in [2.45, 2.75) is 91.3 Å². The summed E-state index contributed by atoms with van der Waals surface area (Å²) in [6.45, 7) is 21.1. The van der Waals surface area contributed by atoms with E-state index < -0.39 is 31.5 Å². The first-order valence-corrected chi connectivity index (χ1v) is 14.3. The molecule has 0 atom stereocenters. The van der Waals surface area contributed by atoms with E-state index in [9.17, 15) is 14.8 Å². The number of rotatable bonds is 4. The molecule has 0 unspecified atom stereocenters. The Labute approximate surface area is 198 Å². The monoisotopic (exact) mass is 480 g/mol. The predicted molar refractivity (Wildman–Crippen MR) is 128 cm³/mol. The molecule has 1 saturated heterocycles. The highest BCUT2D eigenvalue weighted by atomic mass is 28.4. The lowest BCUT2D eigenvalue weighted by Gasteiger charge is -2.46. The molecule has 0 saturated carbocycles. The zero-order chi connectivity index (χ0) is 25.4. The highest BCUT2D eigenvalue weighted by Crippen LogP contribution is 2.37. The number of carbonyl (C=O) groups excluding carboxylic acids is 2. The lowest BCUT2D eigenvalue weighted by atomic mass is 9.98. The number of carbonyl (C=O) groups is 2. The van der Waals surface area contributed by atoms with Gasteiger partial charge in [0.2, 0.25) is 0 Å². The van der Waals surface area contributed by atoms with Crippen molar-refractivity contribution in [1.82, 2.24) is 14.8 Å². The minimum Gasteiger partial charge on any atom is -0.710 e. The Morgan fingerprint density at radius 3 is 2.30 bits per heavy atom. The Morgan fingerprint density at radius 1 is 1.18 bits per heavy atom. The minimum absolute atomic E-state index is 0.00220. The molecule has 1 aromatic rings. The Morgan fingerprint density at radius 2 is 1.79 bits per heavy atom. The average Bonchev–Trinajstić information content (AvgIpc) is 2.63. The highest BCUT2D eigenvalue weighted by molar-refractivity contribution is 6.74. The van der Waals surface area contributed by atoms with E-state index in [1.807, 2.05) is 34.6 Å². The van der Waals surface area contributed by atoms with Crippen LogP contribution in [0.4, 0.5) is 4.79 Å². The summed E-state index contributed by atoms with van der Waals surface area (Å²) in [5.41, 5.74) is -0.735. The summed E-state index contributed by atoms with van der Waals surface area (Å²) in [5, 5.41) is 12.5. The van der Waals surface area contributed by atoms with E-state index in [2.05, 4.69) is 38.8 Å². The Hall–Kier alpha value is -2.20. The van der Waals surface area contributed by atoms with Gasteiger partial charge in [0, 0.05) is 25.7 Å². The van der Waals surface area contributed by atoms with Crippen molar-refractivity contribution < 1.29 is 23.5 Å². The third kappa shape index (κ3) is 6.66. The SMILES string of the molecule is CC(C)(C)OC(=O)N1CCN(C(=O)c2cc(CO[Si](C)(C)C(C)(C)C)nc[n+]2[O-])C(C)(C)C1. The number of aromatic nitrogens is 2. The van der Waals surface area contributed by atoms with Crippen LogP contribution in [0.25, 0.3) is 0 Å². The van der Waals surface area contributed by atoms with Crippen LogP contribution in [0, 0.1) is 5.21 Å². The molecule has 0 aliphatic carbocycles. The molecule has 2 rings (SSSR count). The van der Waals surface area contributed by atoms with Gasteiger partial charge < -0.3 is 24.2 Å². The van der Waals surface area contributed by atoms with Gasteiger partial charge in [-0.2, -0.15) is 0 Å². The second-order valence-corrected chi connectivity index (χ2v) is 16.6. The van der Waals surface area contributed by atoms with Crippen molar-refractivity contribution in [2.75, 3.05) is 19.6 Å². The van der Waals surface area contributed by atoms with Crippen molar-refractivity contribution >= 4 is 20.3 Å². The summed E-state index contributed by atoms with van der Waals surface area (Å²) in [4.78, 5) is 33.3. The van der Waals surface area contributed by atoms with Crippen LogP contribution in [0.2, 0.25) is 18.1 Å². The molecule has 0 spiro atoms. The Bertz CT molecular complexity index is 890. The van der Waals surface area contributed by atoms with Crippen LogP contribution < -0.4 is 4.73 Å². The molecule has 186 valence electrons. The predicted octanol–water partition coefficient (Wildman–Crippen LogP) is 3.71. The van der Waals surface area contributed by atoms with Crippen LogP contribution in [0.5, 0.6) is 0 Å². The van der Waals surface area contributed by atoms with Gasteiger partial charge in [0.25, 0.3) is 12.2 Å². The first-order valence-electron chi connectivity index (χ1n) is 11.4. The number of hydrogen-bond acceptors (Lipinski definition) is 6. The zero-order valence-electron chi connectivity index (χ0n) is 21.8. The first-order chi connectivity index (χ1) is 14.8. The van der Waals surface area contributed by atoms with Gasteiger partial charge in [-0.15, -0.1) is 0 Å². The van der Waals surface area contributed by atoms with E-state index in [0.29, 0.717) is 30.1 Å². The summed E-state index contributed by atoms with van der Waals surface area (Å²) < 4.78 is 12.2. The standard InChI is InChI=1S/C23H40N4O5Si/c1-21(2,3)32-20(29)25-11-12-26(23(7,8)15-25)19(28)18-13-17(24-16-27(18)30)14-31-33(9,10)22(4,5)6/h13,16H,11-12,14-15H2,1-10H3. The molecule has 0 aromatic carbocycles. The molecule has 10 heteroatoms. The number of piperazine rings is 1. The normalized spacial score (nSPS) is 17.2. The summed E-state index contributed by atoms with van der Waals surface area (Å²) in [6, 6.07) is 1.51. The number of amides is 2. The molecule has 9 nitrogen and oxygen atoms in total. The maximum atomic E-state index is 13.4.